The molecule has 0 fully saturated rings. The van der Waals surface area contributed by atoms with Crippen LogP contribution in [0.1, 0.15) is 15.9 Å². The van der Waals surface area contributed by atoms with Crippen molar-refractivity contribution < 1.29 is 9.90 Å². The maximum Gasteiger partial charge on any atom is 0.293 e. The molecule has 0 bridgehead atoms. The molecule has 0 aliphatic rings. The van der Waals surface area contributed by atoms with Crippen LogP contribution in [0.25, 0.3) is 16.6 Å². The highest BCUT2D eigenvalue weighted by molar-refractivity contribution is 6.08. The number of aryl methyl sites for hydroxylation is 1. The number of hydrogen-bond acceptors (Lipinski definition) is 3. The fourth-order valence-electron chi connectivity index (χ4n) is 3.27. The van der Waals surface area contributed by atoms with E-state index in [0.29, 0.717) is 10.9 Å². The van der Waals surface area contributed by atoms with Gasteiger partial charge in [-0.3, -0.25) is 9.59 Å². The molecule has 2 aromatic carbocycles. The van der Waals surface area contributed by atoms with Crippen LogP contribution >= 0.6 is 0 Å². The molecule has 1 amide bonds. The van der Waals surface area contributed by atoms with E-state index in [9.17, 15) is 14.7 Å². The number of fused-ring (bicyclic) bond motifs is 1. The second kappa shape index (κ2) is 7.08. The summed E-state index contributed by atoms with van der Waals surface area (Å²) in [5.41, 5.74) is 1.93. The van der Waals surface area contributed by atoms with Crippen LogP contribution in [-0.2, 0) is 13.6 Å². The van der Waals surface area contributed by atoms with Gasteiger partial charge in [-0.1, -0.05) is 30.3 Å². The Morgan fingerprint density at radius 2 is 1.68 bits per heavy atom. The molecule has 6 heteroatoms. The normalized spacial score (nSPS) is 10.9. The van der Waals surface area contributed by atoms with Gasteiger partial charge < -0.3 is 19.6 Å². The first-order valence-corrected chi connectivity index (χ1v) is 8.87. The predicted molar refractivity (Wildman–Crippen MR) is 108 cm³/mol. The van der Waals surface area contributed by atoms with Crippen LogP contribution in [0, 0.1) is 0 Å². The molecule has 0 aliphatic carbocycles. The van der Waals surface area contributed by atoms with E-state index < -0.39 is 17.2 Å². The molecule has 0 atom stereocenters. The topological polar surface area (TPSA) is 76.3 Å². The molecule has 2 aromatic heterocycles. The van der Waals surface area contributed by atoms with Crippen molar-refractivity contribution in [1.29, 1.82) is 0 Å². The minimum absolute atomic E-state index is 0.00246. The molecule has 0 saturated heterocycles. The van der Waals surface area contributed by atoms with Crippen LogP contribution in [0.3, 0.4) is 0 Å². The summed E-state index contributed by atoms with van der Waals surface area (Å²) in [5.74, 6) is -1.03. The summed E-state index contributed by atoms with van der Waals surface area (Å²) < 4.78 is 3.33. The first kappa shape index (κ1) is 17.6. The molecule has 2 heterocycles. The number of nitrogens with one attached hydrogen (secondary N) is 1. The number of pyridine rings is 1. The summed E-state index contributed by atoms with van der Waals surface area (Å²) in [7, 11) is 1.57. The largest absolute Gasteiger partial charge is 0.502 e. The second-order valence-corrected chi connectivity index (χ2v) is 6.54. The molecule has 28 heavy (non-hydrogen) atoms. The fraction of sp³-hybridized carbons (Fsp3) is 0.0909. The summed E-state index contributed by atoms with van der Waals surface area (Å²) in [6, 6.07) is 18.7. The van der Waals surface area contributed by atoms with E-state index in [1.807, 2.05) is 53.4 Å². The number of benzene rings is 2. The molecule has 140 valence electrons. The third kappa shape index (κ3) is 3.05. The Labute approximate surface area is 161 Å². The molecule has 0 spiro atoms. The Morgan fingerprint density at radius 1 is 1.00 bits per heavy atom. The smallest absolute Gasteiger partial charge is 0.293 e. The Hall–Kier alpha value is -3.80. The summed E-state index contributed by atoms with van der Waals surface area (Å²) >= 11 is 0. The van der Waals surface area contributed by atoms with E-state index in [2.05, 4.69) is 5.32 Å². The van der Waals surface area contributed by atoms with E-state index in [1.165, 1.54) is 4.57 Å². The van der Waals surface area contributed by atoms with Crippen LogP contribution in [0.15, 0.2) is 77.9 Å². The SMILES string of the molecule is Cn1c(=O)c(O)c(C(=O)NCc2ccc(-n3cccc3)cc2)c2ccccc21. The Kier molecular flexibility index (Phi) is 4.45. The van der Waals surface area contributed by atoms with Gasteiger partial charge in [0, 0.05) is 37.1 Å². The number of hydrogen-bond donors (Lipinski definition) is 2. The highest BCUT2D eigenvalue weighted by Crippen LogP contribution is 2.23. The summed E-state index contributed by atoms with van der Waals surface area (Å²) in [5, 5.41) is 13.6. The molecule has 0 unspecified atom stereocenters. The van der Waals surface area contributed by atoms with Crippen molar-refractivity contribution in [1.82, 2.24) is 14.5 Å². The lowest BCUT2D eigenvalue weighted by Crippen LogP contribution is -2.27. The lowest BCUT2D eigenvalue weighted by atomic mass is 10.1. The quantitative estimate of drug-likeness (QED) is 0.577. The zero-order chi connectivity index (χ0) is 19.7. The molecule has 4 aromatic rings. The number of carbonyl (C=O) groups excluding carboxylic acids is 1. The van der Waals surface area contributed by atoms with Gasteiger partial charge in [-0.05, 0) is 35.9 Å². The molecule has 0 aliphatic heterocycles. The van der Waals surface area contributed by atoms with E-state index >= 15 is 0 Å². The van der Waals surface area contributed by atoms with Gasteiger partial charge in [0.2, 0.25) is 0 Å². The lowest BCUT2D eigenvalue weighted by molar-refractivity contribution is 0.0949. The van der Waals surface area contributed by atoms with Gasteiger partial charge in [0.1, 0.15) is 0 Å². The van der Waals surface area contributed by atoms with Crippen molar-refractivity contribution in [2.24, 2.45) is 7.05 Å². The van der Waals surface area contributed by atoms with Crippen LogP contribution in [0.2, 0.25) is 0 Å². The first-order chi connectivity index (χ1) is 13.6. The van der Waals surface area contributed by atoms with E-state index in [-0.39, 0.29) is 12.1 Å². The van der Waals surface area contributed by atoms with Crippen LogP contribution in [0.5, 0.6) is 5.75 Å². The van der Waals surface area contributed by atoms with Crippen molar-refractivity contribution >= 4 is 16.8 Å². The van der Waals surface area contributed by atoms with Crippen LogP contribution in [0.4, 0.5) is 0 Å². The molecule has 0 radical (unpaired) electrons. The molecule has 0 saturated carbocycles. The number of aromatic hydroxyl groups is 1. The zero-order valence-corrected chi connectivity index (χ0v) is 15.3. The predicted octanol–water partition coefficient (Wildman–Crippen LogP) is 2.96. The van der Waals surface area contributed by atoms with Gasteiger partial charge in [0.15, 0.2) is 5.75 Å². The van der Waals surface area contributed by atoms with Crippen molar-refractivity contribution in [3.63, 3.8) is 0 Å². The number of para-hydroxylation sites is 1. The Bertz CT molecular complexity index is 1210. The standard InChI is InChI=1S/C22H19N3O3/c1-24-18-7-3-2-6-17(18)19(20(26)22(24)28)21(27)23-14-15-8-10-16(11-9-15)25-12-4-5-13-25/h2-13,26H,14H2,1H3,(H,23,27). The maximum atomic E-state index is 12.7. The van der Waals surface area contributed by atoms with Crippen LogP contribution in [-0.4, -0.2) is 20.1 Å². The Balaban J connectivity index is 1.59. The first-order valence-electron chi connectivity index (χ1n) is 8.87. The average Bonchev–Trinajstić information content (AvgIpc) is 3.26. The summed E-state index contributed by atoms with van der Waals surface area (Å²) in [6.07, 6.45) is 3.92. The van der Waals surface area contributed by atoms with Crippen molar-refractivity contribution in [2.75, 3.05) is 0 Å². The number of amides is 1. The third-order valence-corrected chi connectivity index (χ3v) is 4.80. The van der Waals surface area contributed by atoms with Crippen molar-refractivity contribution in [2.45, 2.75) is 6.54 Å². The molecule has 4 rings (SSSR count). The maximum absolute atomic E-state index is 12.7. The third-order valence-electron chi connectivity index (χ3n) is 4.80. The molecular weight excluding hydrogens is 354 g/mol. The van der Waals surface area contributed by atoms with Gasteiger partial charge in [0.25, 0.3) is 11.5 Å². The average molecular weight is 373 g/mol. The number of nitrogens with zero attached hydrogens (tertiary/aromatic N) is 2. The molecular formula is C22H19N3O3. The molecule has 2 N–H and O–H groups in total. The number of carbonyl (C=O) groups is 1. The van der Waals surface area contributed by atoms with Gasteiger partial charge in [-0.25, -0.2) is 0 Å². The molecule has 6 nitrogen and oxygen atoms in total. The lowest BCUT2D eigenvalue weighted by Gasteiger charge is -2.13. The van der Waals surface area contributed by atoms with Gasteiger partial charge in [-0.15, -0.1) is 0 Å². The monoisotopic (exact) mass is 373 g/mol. The van der Waals surface area contributed by atoms with E-state index in [4.69, 9.17) is 0 Å². The van der Waals surface area contributed by atoms with E-state index in [0.717, 1.165) is 11.3 Å². The number of aromatic nitrogens is 2. The minimum Gasteiger partial charge on any atom is -0.502 e. The second-order valence-electron chi connectivity index (χ2n) is 6.54. The van der Waals surface area contributed by atoms with Gasteiger partial charge in [0.05, 0.1) is 11.1 Å². The summed E-state index contributed by atoms with van der Waals surface area (Å²) in [4.78, 5) is 25.0. The highest BCUT2D eigenvalue weighted by atomic mass is 16.3. The van der Waals surface area contributed by atoms with Gasteiger partial charge in [-0.2, -0.15) is 0 Å². The zero-order valence-electron chi connectivity index (χ0n) is 15.3. The fourth-order valence-corrected chi connectivity index (χ4v) is 3.27. The van der Waals surface area contributed by atoms with E-state index in [1.54, 1.807) is 31.3 Å². The van der Waals surface area contributed by atoms with Crippen molar-refractivity contribution in [3.05, 3.63) is 94.5 Å². The van der Waals surface area contributed by atoms with Gasteiger partial charge >= 0.3 is 0 Å². The Morgan fingerprint density at radius 3 is 2.39 bits per heavy atom. The van der Waals surface area contributed by atoms with Crippen LogP contribution < -0.4 is 10.9 Å². The number of rotatable bonds is 4. The van der Waals surface area contributed by atoms with Crippen molar-refractivity contribution in [3.8, 4) is 11.4 Å². The summed E-state index contributed by atoms with van der Waals surface area (Å²) in [6.45, 7) is 0.285. The highest BCUT2D eigenvalue weighted by Gasteiger charge is 2.20. The minimum atomic E-state index is -0.597.